The Morgan fingerprint density at radius 1 is 1.24 bits per heavy atom. The first-order valence-corrected chi connectivity index (χ1v) is 9.60. The first-order valence-electron chi connectivity index (χ1n) is 6.99. The fraction of sp³-hybridized carbons (Fsp3) is 0.571. The molecule has 1 aromatic carbocycles. The Bertz CT molecular complexity index is 551. The molecular weight excluding hydrogens is 378 g/mol. The summed E-state index contributed by atoms with van der Waals surface area (Å²) in [4.78, 5) is 0.183. The van der Waals surface area contributed by atoms with Crippen LogP contribution in [0.3, 0.4) is 0 Å². The van der Waals surface area contributed by atoms with Crippen LogP contribution < -0.4 is 0 Å². The van der Waals surface area contributed by atoms with Crippen LogP contribution in [0, 0.1) is 0 Å². The average molecular weight is 399 g/mol. The van der Waals surface area contributed by atoms with Crippen LogP contribution in [0.2, 0.25) is 5.02 Å². The van der Waals surface area contributed by atoms with Crippen molar-refractivity contribution in [2.24, 2.45) is 0 Å². The first kappa shape index (κ1) is 18.9. The maximum absolute atomic E-state index is 12.6. The van der Waals surface area contributed by atoms with Crippen molar-refractivity contribution in [3.63, 3.8) is 0 Å². The van der Waals surface area contributed by atoms with E-state index < -0.39 is 10.0 Å². The van der Waals surface area contributed by atoms with Crippen molar-refractivity contribution in [1.82, 2.24) is 4.31 Å². The molecule has 1 rings (SSSR count). The van der Waals surface area contributed by atoms with E-state index in [0.29, 0.717) is 16.0 Å². The molecule has 0 aliphatic carbocycles. The fourth-order valence-corrected chi connectivity index (χ4v) is 4.11. The summed E-state index contributed by atoms with van der Waals surface area (Å²) in [7, 11) is -3.60. The highest BCUT2D eigenvalue weighted by Gasteiger charge is 2.24. The molecule has 7 heteroatoms. The number of nitrogens with zero attached hydrogens (tertiary/aromatic N) is 1. The van der Waals surface area contributed by atoms with Crippen molar-refractivity contribution in [2.75, 3.05) is 19.7 Å². The van der Waals surface area contributed by atoms with Gasteiger partial charge in [0.2, 0.25) is 10.0 Å². The van der Waals surface area contributed by atoms with Crippen LogP contribution in [-0.4, -0.2) is 37.5 Å². The zero-order valence-corrected chi connectivity index (χ0v) is 15.2. The number of unbranched alkanes of at least 4 members (excludes halogenated alkanes) is 3. The van der Waals surface area contributed by atoms with E-state index in [1.54, 1.807) is 6.07 Å². The zero-order chi connectivity index (χ0) is 15.9. The van der Waals surface area contributed by atoms with Gasteiger partial charge >= 0.3 is 0 Å². The number of hydrogen-bond acceptors (Lipinski definition) is 3. The Morgan fingerprint density at radius 3 is 2.52 bits per heavy atom. The lowest BCUT2D eigenvalue weighted by molar-refractivity contribution is 0.251. The largest absolute Gasteiger partial charge is 0.395 e. The van der Waals surface area contributed by atoms with Gasteiger partial charge < -0.3 is 5.11 Å². The highest BCUT2D eigenvalue weighted by Crippen LogP contribution is 2.27. The van der Waals surface area contributed by atoms with Crippen molar-refractivity contribution in [3.8, 4) is 0 Å². The summed E-state index contributed by atoms with van der Waals surface area (Å²) in [5, 5.41) is 9.58. The molecule has 1 N–H and O–H groups in total. The lowest BCUT2D eigenvalue weighted by Gasteiger charge is -2.21. The second-order valence-corrected chi connectivity index (χ2v) is 7.96. The number of benzene rings is 1. The molecule has 21 heavy (non-hydrogen) atoms. The molecule has 4 nitrogen and oxygen atoms in total. The molecule has 0 bridgehead atoms. The summed E-state index contributed by atoms with van der Waals surface area (Å²) >= 11 is 9.13. The number of aliphatic hydroxyl groups is 1. The standard InChI is InChI=1S/C14H21BrClNO3S/c1-2-3-4-5-8-17(9-10-18)21(19,20)12-6-7-14(16)13(15)11-12/h6-7,11,18H,2-5,8-10H2,1H3. The van der Waals surface area contributed by atoms with Gasteiger partial charge in [-0.25, -0.2) is 8.42 Å². The SMILES string of the molecule is CCCCCCN(CCO)S(=O)(=O)c1ccc(Cl)c(Br)c1. The summed E-state index contributed by atoms with van der Waals surface area (Å²) < 4.78 is 27.1. The van der Waals surface area contributed by atoms with Gasteiger partial charge in [-0.05, 0) is 40.5 Å². The van der Waals surface area contributed by atoms with Crippen LogP contribution in [-0.2, 0) is 10.0 Å². The second kappa shape index (κ2) is 9.10. The van der Waals surface area contributed by atoms with E-state index >= 15 is 0 Å². The summed E-state index contributed by atoms with van der Waals surface area (Å²) in [5.41, 5.74) is 0. The quantitative estimate of drug-likeness (QED) is 0.646. The van der Waals surface area contributed by atoms with Crippen LogP contribution >= 0.6 is 27.5 Å². The third-order valence-corrected chi connectivity index (χ3v) is 6.25. The molecule has 120 valence electrons. The Labute approximate surface area is 140 Å². The monoisotopic (exact) mass is 397 g/mol. The number of sulfonamides is 1. The molecule has 0 aliphatic rings. The third-order valence-electron chi connectivity index (χ3n) is 3.14. The number of aliphatic hydroxyl groups excluding tert-OH is 1. The lowest BCUT2D eigenvalue weighted by Crippen LogP contribution is -2.34. The minimum atomic E-state index is -3.60. The van der Waals surface area contributed by atoms with Crippen molar-refractivity contribution >= 4 is 37.6 Å². The van der Waals surface area contributed by atoms with Gasteiger partial charge in [-0.1, -0.05) is 37.8 Å². The molecule has 0 unspecified atom stereocenters. The molecule has 0 atom stereocenters. The van der Waals surface area contributed by atoms with Gasteiger partial charge in [0.1, 0.15) is 0 Å². The van der Waals surface area contributed by atoms with Gasteiger partial charge in [0, 0.05) is 17.6 Å². The van der Waals surface area contributed by atoms with E-state index in [1.807, 2.05) is 0 Å². The van der Waals surface area contributed by atoms with E-state index in [2.05, 4.69) is 22.9 Å². The van der Waals surface area contributed by atoms with Crippen LogP contribution in [0.25, 0.3) is 0 Å². The highest BCUT2D eigenvalue weighted by atomic mass is 79.9. The van der Waals surface area contributed by atoms with E-state index in [9.17, 15) is 8.42 Å². The molecule has 0 amide bonds. The van der Waals surface area contributed by atoms with E-state index in [1.165, 1.54) is 16.4 Å². The number of rotatable bonds is 9. The van der Waals surface area contributed by atoms with Crippen molar-refractivity contribution in [3.05, 3.63) is 27.7 Å². The Balaban J connectivity index is 2.90. The first-order chi connectivity index (χ1) is 9.93. The van der Waals surface area contributed by atoms with Gasteiger partial charge in [0.25, 0.3) is 0 Å². The van der Waals surface area contributed by atoms with Crippen LogP contribution in [0.4, 0.5) is 0 Å². The van der Waals surface area contributed by atoms with Crippen LogP contribution in [0.1, 0.15) is 32.6 Å². The Hall–Kier alpha value is -0.140. The van der Waals surface area contributed by atoms with E-state index in [0.717, 1.165) is 25.7 Å². The molecule has 0 aromatic heterocycles. The predicted molar refractivity (Wildman–Crippen MR) is 89.1 cm³/mol. The molecule has 1 aromatic rings. The van der Waals surface area contributed by atoms with Gasteiger partial charge in [0.15, 0.2) is 0 Å². The smallest absolute Gasteiger partial charge is 0.243 e. The number of halogens is 2. The fourth-order valence-electron chi connectivity index (χ4n) is 1.97. The summed E-state index contributed by atoms with van der Waals surface area (Å²) in [6.45, 7) is 2.44. The molecule has 0 heterocycles. The topological polar surface area (TPSA) is 57.6 Å². The summed E-state index contributed by atoms with van der Waals surface area (Å²) in [6, 6.07) is 4.53. The third kappa shape index (κ3) is 5.53. The van der Waals surface area contributed by atoms with E-state index in [4.69, 9.17) is 16.7 Å². The Kier molecular flexibility index (Phi) is 8.19. The van der Waals surface area contributed by atoms with Crippen LogP contribution in [0.15, 0.2) is 27.6 Å². The van der Waals surface area contributed by atoms with Crippen LogP contribution in [0.5, 0.6) is 0 Å². The normalized spacial score (nSPS) is 12.0. The molecule has 0 radical (unpaired) electrons. The number of hydrogen-bond donors (Lipinski definition) is 1. The van der Waals surface area contributed by atoms with E-state index in [-0.39, 0.29) is 18.0 Å². The molecule has 0 aliphatic heterocycles. The van der Waals surface area contributed by atoms with Gasteiger partial charge in [-0.3, -0.25) is 0 Å². The minimum Gasteiger partial charge on any atom is -0.395 e. The molecular formula is C14H21BrClNO3S. The molecule has 0 fully saturated rings. The highest BCUT2D eigenvalue weighted by molar-refractivity contribution is 9.10. The van der Waals surface area contributed by atoms with Gasteiger partial charge in [0.05, 0.1) is 16.5 Å². The maximum Gasteiger partial charge on any atom is 0.243 e. The minimum absolute atomic E-state index is 0.106. The van der Waals surface area contributed by atoms with Crippen molar-refractivity contribution in [1.29, 1.82) is 0 Å². The summed E-state index contributed by atoms with van der Waals surface area (Å²) in [6.07, 6.45) is 3.95. The average Bonchev–Trinajstić information content (AvgIpc) is 2.45. The molecule has 0 saturated carbocycles. The second-order valence-electron chi connectivity index (χ2n) is 4.76. The van der Waals surface area contributed by atoms with Crippen molar-refractivity contribution < 1.29 is 13.5 Å². The molecule has 0 saturated heterocycles. The maximum atomic E-state index is 12.6. The molecule has 0 spiro atoms. The lowest BCUT2D eigenvalue weighted by atomic mass is 10.2. The van der Waals surface area contributed by atoms with Gasteiger partial charge in [-0.2, -0.15) is 4.31 Å². The summed E-state index contributed by atoms with van der Waals surface area (Å²) in [5.74, 6) is 0. The van der Waals surface area contributed by atoms with Crippen molar-refractivity contribution in [2.45, 2.75) is 37.5 Å². The Morgan fingerprint density at radius 2 is 1.95 bits per heavy atom. The zero-order valence-electron chi connectivity index (χ0n) is 12.1. The predicted octanol–water partition coefficient (Wildman–Crippen LogP) is 3.67. The van der Waals surface area contributed by atoms with Gasteiger partial charge in [-0.15, -0.1) is 0 Å².